The fourth-order valence-corrected chi connectivity index (χ4v) is 10.4. The number of hydrogen-bond donors (Lipinski definition) is 2. The highest BCUT2D eigenvalue weighted by molar-refractivity contribution is 7.63. The van der Waals surface area contributed by atoms with Crippen molar-refractivity contribution in [3.05, 3.63) is 118 Å². The van der Waals surface area contributed by atoms with Gasteiger partial charge in [0, 0.05) is 32.3 Å². The molecule has 57 heavy (non-hydrogen) atoms. The second-order valence-corrected chi connectivity index (χ2v) is 16.6. The summed E-state index contributed by atoms with van der Waals surface area (Å²) in [5.41, 5.74) is 0.444. The van der Waals surface area contributed by atoms with E-state index < -0.39 is 43.7 Å². The van der Waals surface area contributed by atoms with Crippen LogP contribution < -0.4 is 20.5 Å². The third-order valence-corrected chi connectivity index (χ3v) is 12.9. The van der Waals surface area contributed by atoms with E-state index in [4.69, 9.17) is 28.2 Å². The zero-order valence-corrected chi connectivity index (χ0v) is 34.6. The minimum atomic E-state index is -3.54. The van der Waals surface area contributed by atoms with Crippen molar-refractivity contribution in [2.75, 3.05) is 39.4 Å². The lowest BCUT2D eigenvalue weighted by Gasteiger charge is -2.39. The molecule has 14 nitrogen and oxygen atoms in total. The SMILES string of the molecule is COc1ccc(C(OC[C@H]2O[C@@H](n3ccc(NC(C)=O)nc3=O)[C@@H](OC)[C@@H]2O[P+](O)(CCC#N)N(C(C)C)C(C)C)(c2ccccc2)c2ccc(OC)cc2)cc1. The zero-order chi connectivity index (χ0) is 41.3. The van der Waals surface area contributed by atoms with Gasteiger partial charge in [0.15, 0.2) is 12.3 Å². The first kappa shape index (κ1) is 43.4. The second kappa shape index (κ2) is 19.2. The van der Waals surface area contributed by atoms with Crippen LogP contribution in [-0.4, -0.2) is 89.5 Å². The van der Waals surface area contributed by atoms with Gasteiger partial charge >= 0.3 is 13.6 Å². The largest absolute Gasteiger partial charge is 0.497 e. The average molecular weight is 803 g/mol. The summed E-state index contributed by atoms with van der Waals surface area (Å²) in [7, 11) is 1.15. The Morgan fingerprint density at radius 1 is 0.930 bits per heavy atom. The van der Waals surface area contributed by atoms with Crippen molar-refractivity contribution in [2.24, 2.45) is 0 Å². The molecule has 0 bridgehead atoms. The maximum absolute atomic E-state index is 13.6. The number of hydrogen-bond acceptors (Lipinski definition) is 12. The molecule has 304 valence electrons. The quantitative estimate of drug-likeness (QED) is 0.0852. The minimum absolute atomic E-state index is 0.0378. The summed E-state index contributed by atoms with van der Waals surface area (Å²) in [5.74, 6) is 1.03. The number of carbonyl (C=O) groups excluding carboxylic acids is 1. The minimum Gasteiger partial charge on any atom is -0.497 e. The monoisotopic (exact) mass is 802 g/mol. The third kappa shape index (κ3) is 9.54. The molecule has 1 aliphatic rings. The number of ether oxygens (including phenoxy) is 5. The lowest BCUT2D eigenvalue weighted by Crippen LogP contribution is -2.45. The lowest BCUT2D eigenvalue weighted by molar-refractivity contribution is -0.114. The van der Waals surface area contributed by atoms with Gasteiger partial charge in [0.1, 0.15) is 41.3 Å². The Morgan fingerprint density at radius 3 is 1.96 bits per heavy atom. The molecule has 0 spiro atoms. The standard InChI is InChI=1S/C42H52N5O9P/c1-28(2)47(29(3)4)57(50,26-12-24-43)56-38-36(55-40(39(38)53-8)46-25-23-37(44-30(5)48)45-41(46)49)27-54-42(31-13-10-9-11-14-31,32-15-19-34(51-6)20-16-32)33-17-21-35(52-7)22-18-33/h9-11,13-23,25,28-29,36,38-40,50H,12,26-27H2,1-8H3/p+1/t36-,38-,39+,40-,57?/m1/s1. The van der Waals surface area contributed by atoms with Crippen LogP contribution in [0.5, 0.6) is 11.5 Å². The third-order valence-electron chi connectivity index (χ3n) is 9.83. The normalized spacial score (nSPS) is 19.4. The van der Waals surface area contributed by atoms with Gasteiger partial charge in [-0.2, -0.15) is 14.8 Å². The van der Waals surface area contributed by atoms with Gasteiger partial charge in [0.05, 0.1) is 33.3 Å². The number of anilines is 1. The molecule has 1 aromatic heterocycles. The number of carbonyl (C=O) groups is 1. The molecule has 3 aromatic carbocycles. The smallest absolute Gasteiger partial charge is 0.351 e. The molecule has 1 fully saturated rings. The zero-order valence-electron chi connectivity index (χ0n) is 33.7. The van der Waals surface area contributed by atoms with Crippen LogP contribution in [0, 0.1) is 11.3 Å². The summed E-state index contributed by atoms with van der Waals surface area (Å²) in [4.78, 5) is 42.0. The molecule has 0 radical (unpaired) electrons. The Morgan fingerprint density at radius 2 is 1.49 bits per heavy atom. The van der Waals surface area contributed by atoms with E-state index in [0.717, 1.165) is 16.7 Å². The molecule has 1 amide bonds. The molecule has 4 aromatic rings. The van der Waals surface area contributed by atoms with Gasteiger partial charge in [0.2, 0.25) is 5.91 Å². The van der Waals surface area contributed by atoms with E-state index in [1.165, 1.54) is 30.9 Å². The molecular weight excluding hydrogens is 749 g/mol. The fraction of sp³-hybridized carbons (Fsp3) is 0.429. The number of nitriles is 1. The molecule has 1 aliphatic heterocycles. The van der Waals surface area contributed by atoms with Crippen molar-refractivity contribution in [1.29, 1.82) is 5.26 Å². The molecule has 5 atom stereocenters. The van der Waals surface area contributed by atoms with Crippen molar-refractivity contribution in [2.45, 2.75) is 83.3 Å². The van der Waals surface area contributed by atoms with Crippen molar-refractivity contribution < 1.29 is 37.9 Å². The highest BCUT2D eigenvalue weighted by Gasteiger charge is 2.58. The van der Waals surface area contributed by atoms with Crippen LogP contribution in [0.3, 0.4) is 0 Å². The first-order valence-electron chi connectivity index (χ1n) is 18.8. The first-order chi connectivity index (χ1) is 27.3. The van der Waals surface area contributed by atoms with Crippen molar-refractivity contribution in [1.82, 2.24) is 14.2 Å². The van der Waals surface area contributed by atoms with Crippen molar-refractivity contribution in [3.8, 4) is 17.6 Å². The number of amides is 1. The summed E-state index contributed by atoms with van der Waals surface area (Å²) in [6.45, 7) is 9.04. The topological polar surface area (TPSA) is 167 Å². The van der Waals surface area contributed by atoms with E-state index in [1.807, 2.05) is 111 Å². The Kier molecular flexibility index (Phi) is 14.6. The van der Waals surface area contributed by atoms with E-state index in [2.05, 4.69) is 16.4 Å². The highest BCUT2D eigenvalue weighted by Crippen LogP contribution is 2.64. The van der Waals surface area contributed by atoms with Crippen LogP contribution in [0.4, 0.5) is 5.82 Å². The van der Waals surface area contributed by atoms with Gasteiger partial charge in [-0.3, -0.25) is 9.36 Å². The van der Waals surface area contributed by atoms with Crippen molar-refractivity contribution in [3.63, 3.8) is 0 Å². The molecule has 1 saturated heterocycles. The highest BCUT2D eigenvalue weighted by atomic mass is 31.2. The summed E-state index contributed by atoms with van der Waals surface area (Å²) in [5, 5.41) is 12.2. The number of nitrogens with zero attached hydrogens (tertiary/aromatic N) is 4. The average Bonchev–Trinajstić information content (AvgIpc) is 3.53. The Bertz CT molecular complexity index is 1970. The number of aromatic nitrogens is 2. The van der Waals surface area contributed by atoms with Crippen LogP contribution in [-0.2, 0) is 29.1 Å². The molecule has 0 aliphatic carbocycles. The van der Waals surface area contributed by atoms with Gasteiger partial charge in [-0.1, -0.05) is 54.6 Å². The predicted molar refractivity (Wildman–Crippen MR) is 217 cm³/mol. The lowest BCUT2D eigenvalue weighted by atomic mass is 9.80. The van der Waals surface area contributed by atoms with Crippen LogP contribution >= 0.6 is 7.87 Å². The van der Waals surface area contributed by atoms with Gasteiger partial charge < -0.3 is 29.0 Å². The van der Waals surface area contributed by atoms with Crippen LogP contribution in [0.15, 0.2) is 95.9 Å². The Labute approximate surface area is 334 Å². The molecule has 0 saturated carbocycles. The van der Waals surface area contributed by atoms with Crippen LogP contribution in [0.2, 0.25) is 0 Å². The summed E-state index contributed by atoms with van der Waals surface area (Å²) in [6, 6.07) is 28.3. The van der Waals surface area contributed by atoms with Gasteiger partial charge in [-0.05, 0) is 74.7 Å². The number of methoxy groups -OCH3 is 3. The van der Waals surface area contributed by atoms with Crippen molar-refractivity contribution >= 4 is 19.6 Å². The summed E-state index contributed by atoms with van der Waals surface area (Å²) < 4.78 is 41.2. The number of rotatable bonds is 18. The Balaban J connectivity index is 1.67. The number of nitrogens with one attached hydrogen (secondary N) is 1. The number of benzene rings is 3. The summed E-state index contributed by atoms with van der Waals surface area (Å²) >= 11 is 0. The molecule has 2 heterocycles. The van der Waals surface area contributed by atoms with E-state index in [9.17, 15) is 19.7 Å². The molecule has 2 N–H and O–H groups in total. The second-order valence-electron chi connectivity index (χ2n) is 14.2. The molecule has 15 heteroatoms. The Hall–Kier alpha value is -4.71. The molecule has 5 rings (SSSR count). The first-order valence-corrected chi connectivity index (χ1v) is 20.6. The molecular formula is C42H53N5O9P+. The van der Waals surface area contributed by atoms with E-state index in [0.29, 0.717) is 11.5 Å². The van der Waals surface area contributed by atoms with E-state index >= 15 is 0 Å². The van der Waals surface area contributed by atoms with Gasteiger partial charge in [0.25, 0.3) is 0 Å². The predicted octanol–water partition coefficient (Wildman–Crippen LogP) is 6.31. The van der Waals surface area contributed by atoms with Gasteiger partial charge in [-0.25, -0.2) is 9.69 Å². The summed E-state index contributed by atoms with van der Waals surface area (Å²) in [6.07, 6.45) is -2.46. The van der Waals surface area contributed by atoms with Crippen LogP contribution in [0.1, 0.15) is 64.0 Å². The van der Waals surface area contributed by atoms with Gasteiger partial charge in [-0.15, -0.1) is 4.67 Å². The maximum atomic E-state index is 13.6. The molecule has 1 unspecified atom stereocenters. The fourth-order valence-electron chi connectivity index (χ4n) is 7.51. The maximum Gasteiger partial charge on any atom is 0.351 e. The van der Waals surface area contributed by atoms with E-state index in [-0.39, 0.29) is 43.0 Å². The van der Waals surface area contributed by atoms with E-state index in [1.54, 1.807) is 14.2 Å². The van der Waals surface area contributed by atoms with Crippen LogP contribution in [0.25, 0.3) is 0 Å².